The van der Waals surface area contributed by atoms with Gasteiger partial charge < -0.3 is 9.64 Å². The number of aromatic nitrogens is 1. The van der Waals surface area contributed by atoms with Crippen LogP contribution in [0.15, 0.2) is 28.5 Å². The molecule has 0 spiro atoms. The first-order valence-corrected chi connectivity index (χ1v) is 10.2. The molecule has 0 unspecified atom stereocenters. The van der Waals surface area contributed by atoms with E-state index in [2.05, 4.69) is 9.71 Å². The zero-order valence-corrected chi connectivity index (χ0v) is 15.7. The number of sulfonamides is 1. The molecule has 0 atom stereocenters. The summed E-state index contributed by atoms with van der Waals surface area (Å²) in [5.74, 6) is 0. The highest BCUT2D eigenvalue weighted by molar-refractivity contribution is 7.93. The van der Waals surface area contributed by atoms with Gasteiger partial charge in [0.25, 0.3) is 10.0 Å². The fraction of sp³-hybridized carbons (Fsp3) is 0.333. The Kier molecular flexibility index (Phi) is 5.16. The highest BCUT2D eigenvalue weighted by Gasteiger charge is 2.22. The van der Waals surface area contributed by atoms with Crippen molar-refractivity contribution in [3.63, 3.8) is 0 Å². The van der Waals surface area contributed by atoms with Gasteiger partial charge in [0, 0.05) is 23.4 Å². The molecule has 2 aromatic rings. The fourth-order valence-corrected chi connectivity index (χ4v) is 4.89. The predicted molar refractivity (Wildman–Crippen MR) is 95.7 cm³/mol. The summed E-state index contributed by atoms with van der Waals surface area (Å²) in [4.78, 5) is 17.4. The van der Waals surface area contributed by atoms with Crippen LogP contribution in [0.2, 0.25) is 5.02 Å². The number of anilines is 1. The Morgan fingerprint density at radius 3 is 2.96 bits per heavy atom. The molecule has 1 aliphatic rings. The average Bonchev–Trinajstić information content (AvgIpc) is 3.16. The second kappa shape index (κ2) is 7.19. The van der Waals surface area contributed by atoms with Gasteiger partial charge in [-0.2, -0.15) is 0 Å². The van der Waals surface area contributed by atoms with Gasteiger partial charge in [0.2, 0.25) is 0 Å². The number of halogens is 1. The molecular formula is C15H16ClN3O4S2. The quantitative estimate of drug-likeness (QED) is 0.803. The first-order valence-electron chi connectivity index (χ1n) is 7.51. The number of amides is 1. The van der Waals surface area contributed by atoms with Crippen LogP contribution in [-0.2, 0) is 21.2 Å². The molecule has 1 aliphatic heterocycles. The third-order valence-electron chi connectivity index (χ3n) is 3.76. The molecule has 25 heavy (non-hydrogen) atoms. The standard InChI is InChI=1S/C15H16ClN3O4S2/c1-10-12(16)3-2-4-13(10)25(21,22)18-14-17-11(9-24-14)5-6-19-7-8-23-15(19)20/h2-4,9H,5-8H2,1H3,(H,17,18). The topological polar surface area (TPSA) is 88.6 Å². The van der Waals surface area contributed by atoms with Gasteiger partial charge in [-0.1, -0.05) is 17.7 Å². The lowest BCUT2D eigenvalue weighted by Gasteiger charge is -2.10. The van der Waals surface area contributed by atoms with E-state index in [1.807, 2.05) is 0 Å². The van der Waals surface area contributed by atoms with E-state index in [9.17, 15) is 13.2 Å². The average molecular weight is 402 g/mol. The zero-order chi connectivity index (χ0) is 18.0. The summed E-state index contributed by atoms with van der Waals surface area (Å²) in [5, 5.41) is 2.43. The third-order valence-corrected chi connectivity index (χ3v) is 6.59. The molecule has 0 saturated carbocycles. The molecule has 3 rings (SSSR count). The number of cyclic esters (lactones) is 1. The summed E-state index contributed by atoms with van der Waals surface area (Å²) in [6.45, 7) is 3.11. The molecule has 1 aromatic carbocycles. The predicted octanol–water partition coefficient (Wildman–Crippen LogP) is 2.90. The number of nitrogens with zero attached hydrogens (tertiary/aromatic N) is 2. The number of carbonyl (C=O) groups is 1. The second-order valence-corrected chi connectivity index (χ2v) is 8.38. The lowest BCUT2D eigenvalue weighted by atomic mass is 10.2. The maximum Gasteiger partial charge on any atom is 0.409 e. The Morgan fingerprint density at radius 1 is 1.44 bits per heavy atom. The van der Waals surface area contributed by atoms with E-state index < -0.39 is 10.0 Å². The summed E-state index contributed by atoms with van der Waals surface area (Å²) in [5.41, 5.74) is 1.20. The molecule has 1 amide bonds. The molecule has 1 aromatic heterocycles. The summed E-state index contributed by atoms with van der Waals surface area (Å²) in [6.07, 6.45) is 0.205. The van der Waals surface area contributed by atoms with Crippen LogP contribution in [0.3, 0.4) is 0 Å². The summed E-state index contributed by atoms with van der Waals surface area (Å²) in [6, 6.07) is 4.73. The van der Waals surface area contributed by atoms with E-state index in [1.54, 1.807) is 29.3 Å². The number of nitrogens with one attached hydrogen (secondary N) is 1. The van der Waals surface area contributed by atoms with E-state index in [0.29, 0.717) is 42.4 Å². The number of benzene rings is 1. The smallest absolute Gasteiger partial charge is 0.409 e. The SMILES string of the molecule is Cc1c(Cl)cccc1S(=O)(=O)Nc1nc(CCN2CCOC2=O)cs1. The van der Waals surface area contributed by atoms with Crippen LogP contribution in [0.4, 0.5) is 9.93 Å². The Hall–Kier alpha value is -1.84. The fourth-order valence-electron chi connectivity index (χ4n) is 2.40. The number of rotatable bonds is 6. The minimum Gasteiger partial charge on any atom is -0.448 e. The van der Waals surface area contributed by atoms with Gasteiger partial charge in [0.1, 0.15) is 6.61 Å². The number of ether oxygens (including phenoxy) is 1. The van der Waals surface area contributed by atoms with Crippen LogP contribution < -0.4 is 4.72 Å². The summed E-state index contributed by atoms with van der Waals surface area (Å²) < 4.78 is 32.4. The molecule has 0 radical (unpaired) electrons. The largest absolute Gasteiger partial charge is 0.448 e. The molecule has 134 valence electrons. The van der Waals surface area contributed by atoms with Crippen molar-refractivity contribution in [3.05, 3.63) is 39.9 Å². The van der Waals surface area contributed by atoms with E-state index in [-0.39, 0.29) is 16.1 Å². The van der Waals surface area contributed by atoms with E-state index in [4.69, 9.17) is 16.3 Å². The lowest BCUT2D eigenvalue weighted by molar-refractivity contribution is 0.158. The molecular weight excluding hydrogens is 386 g/mol. The van der Waals surface area contributed by atoms with Gasteiger partial charge in [0.05, 0.1) is 17.1 Å². The van der Waals surface area contributed by atoms with Gasteiger partial charge in [-0.05, 0) is 24.6 Å². The van der Waals surface area contributed by atoms with Gasteiger partial charge in [-0.25, -0.2) is 18.2 Å². The minimum absolute atomic E-state index is 0.122. The molecule has 0 bridgehead atoms. The Balaban J connectivity index is 1.68. The number of hydrogen-bond acceptors (Lipinski definition) is 6. The first kappa shape index (κ1) is 18.0. The normalized spacial score (nSPS) is 14.6. The molecule has 1 saturated heterocycles. The first-order chi connectivity index (χ1) is 11.9. The molecule has 0 aliphatic carbocycles. The van der Waals surface area contributed by atoms with Crippen molar-refractivity contribution in [2.45, 2.75) is 18.2 Å². The Labute approximate surface area is 154 Å². The van der Waals surface area contributed by atoms with Crippen LogP contribution in [0.25, 0.3) is 0 Å². The lowest BCUT2D eigenvalue weighted by Crippen LogP contribution is -2.26. The number of hydrogen-bond donors (Lipinski definition) is 1. The van der Waals surface area contributed by atoms with Crippen molar-refractivity contribution in [2.75, 3.05) is 24.4 Å². The molecule has 1 fully saturated rings. The van der Waals surface area contributed by atoms with Crippen LogP contribution in [0.1, 0.15) is 11.3 Å². The van der Waals surface area contributed by atoms with Crippen molar-refractivity contribution in [3.8, 4) is 0 Å². The number of carbonyl (C=O) groups excluding carboxylic acids is 1. The maximum absolute atomic E-state index is 12.5. The van der Waals surface area contributed by atoms with Gasteiger partial charge in [-0.3, -0.25) is 4.72 Å². The number of thiazole rings is 1. The second-order valence-electron chi connectivity index (χ2n) is 5.46. The molecule has 2 heterocycles. The van der Waals surface area contributed by atoms with Gasteiger partial charge in [-0.15, -0.1) is 11.3 Å². The Bertz CT molecular complexity index is 898. The third kappa shape index (κ3) is 4.05. The monoisotopic (exact) mass is 401 g/mol. The van der Waals surface area contributed by atoms with Crippen LogP contribution in [0, 0.1) is 6.92 Å². The van der Waals surface area contributed by atoms with Crippen molar-refractivity contribution in [1.82, 2.24) is 9.88 Å². The van der Waals surface area contributed by atoms with E-state index in [0.717, 1.165) is 0 Å². The van der Waals surface area contributed by atoms with Crippen molar-refractivity contribution in [2.24, 2.45) is 0 Å². The van der Waals surface area contributed by atoms with Gasteiger partial charge in [0.15, 0.2) is 5.13 Å². The van der Waals surface area contributed by atoms with Crippen LogP contribution in [0.5, 0.6) is 0 Å². The zero-order valence-electron chi connectivity index (χ0n) is 13.4. The molecule has 1 N–H and O–H groups in total. The maximum atomic E-state index is 12.5. The highest BCUT2D eigenvalue weighted by atomic mass is 35.5. The molecule has 10 heteroatoms. The van der Waals surface area contributed by atoms with Crippen LogP contribution in [-0.4, -0.2) is 44.1 Å². The summed E-state index contributed by atoms with van der Waals surface area (Å²) >= 11 is 7.19. The highest BCUT2D eigenvalue weighted by Crippen LogP contribution is 2.26. The van der Waals surface area contributed by atoms with Gasteiger partial charge >= 0.3 is 6.09 Å². The summed E-state index contributed by atoms with van der Waals surface area (Å²) in [7, 11) is -3.76. The van der Waals surface area contributed by atoms with Crippen molar-refractivity contribution < 1.29 is 17.9 Å². The van der Waals surface area contributed by atoms with Crippen molar-refractivity contribution in [1.29, 1.82) is 0 Å². The molecule has 7 nitrogen and oxygen atoms in total. The van der Waals surface area contributed by atoms with Crippen molar-refractivity contribution >= 4 is 44.2 Å². The Morgan fingerprint density at radius 2 is 2.24 bits per heavy atom. The van der Waals surface area contributed by atoms with E-state index >= 15 is 0 Å². The minimum atomic E-state index is -3.76. The van der Waals surface area contributed by atoms with E-state index in [1.165, 1.54) is 17.4 Å². The van der Waals surface area contributed by atoms with Crippen LogP contribution >= 0.6 is 22.9 Å².